The first kappa shape index (κ1) is 21.2. The molecule has 8 heteroatoms. The number of aryl methyl sites for hydroxylation is 1. The number of aromatic nitrogens is 1. The van der Waals surface area contributed by atoms with Gasteiger partial charge in [-0.2, -0.15) is 4.31 Å². The van der Waals surface area contributed by atoms with Crippen LogP contribution >= 0.6 is 11.3 Å². The lowest BCUT2D eigenvalue weighted by atomic mass is 10.2. The molecule has 0 aliphatic heterocycles. The second-order valence-electron chi connectivity index (χ2n) is 7.05. The minimum atomic E-state index is -3.80. The molecule has 0 unspecified atom stereocenters. The van der Waals surface area contributed by atoms with Gasteiger partial charge >= 0.3 is 0 Å². The van der Waals surface area contributed by atoms with Crippen LogP contribution in [0.25, 0.3) is 10.2 Å². The number of thiazole rings is 1. The monoisotopic (exact) mass is 451 g/mol. The van der Waals surface area contributed by atoms with Crippen molar-refractivity contribution in [3.05, 3.63) is 84.4 Å². The van der Waals surface area contributed by atoms with Gasteiger partial charge in [0.15, 0.2) is 5.13 Å². The zero-order chi connectivity index (χ0) is 22.0. The molecule has 0 radical (unpaired) electrons. The Morgan fingerprint density at radius 3 is 2.29 bits per heavy atom. The van der Waals surface area contributed by atoms with E-state index in [1.165, 1.54) is 35.4 Å². The molecule has 0 spiro atoms. The molecule has 3 aromatic carbocycles. The molecule has 4 rings (SSSR count). The lowest BCUT2D eigenvalue weighted by Gasteiger charge is -2.24. The molecule has 0 fully saturated rings. The molecular formula is C23H21N3O3S2. The Bertz CT molecular complexity index is 1300. The zero-order valence-electron chi connectivity index (χ0n) is 17.1. The molecule has 0 bridgehead atoms. The summed E-state index contributed by atoms with van der Waals surface area (Å²) in [6.07, 6.45) is 0. The number of para-hydroxylation sites is 2. The van der Waals surface area contributed by atoms with Crippen molar-refractivity contribution < 1.29 is 13.2 Å². The number of carbonyl (C=O) groups excluding carboxylic acids is 1. The maximum atomic E-state index is 13.4. The molecule has 6 nitrogen and oxygen atoms in total. The van der Waals surface area contributed by atoms with E-state index in [0.29, 0.717) is 10.8 Å². The smallest absolute Gasteiger partial charge is 0.248 e. The largest absolute Gasteiger partial charge is 0.272 e. The van der Waals surface area contributed by atoms with Crippen LogP contribution in [-0.4, -0.2) is 37.2 Å². The van der Waals surface area contributed by atoms with Crippen molar-refractivity contribution >= 4 is 48.3 Å². The van der Waals surface area contributed by atoms with Gasteiger partial charge in [-0.25, -0.2) is 13.4 Å². The summed E-state index contributed by atoms with van der Waals surface area (Å²) in [5.74, 6) is -0.379. The predicted molar refractivity (Wildman–Crippen MR) is 124 cm³/mol. The molecule has 158 valence electrons. The fourth-order valence-electron chi connectivity index (χ4n) is 3.23. The van der Waals surface area contributed by atoms with Gasteiger partial charge in [-0.1, -0.05) is 59.9 Å². The number of benzene rings is 3. The van der Waals surface area contributed by atoms with Crippen LogP contribution in [0, 0.1) is 6.92 Å². The number of hydrogen-bond donors (Lipinski definition) is 0. The zero-order valence-corrected chi connectivity index (χ0v) is 18.7. The number of fused-ring (bicyclic) bond motifs is 1. The number of sulfonamides is 1. The number of hydrogen-bond acceptors (Lipinski definition) is 5. The van der Waals surface area contributed by atoms with Crippen molar-refractivity contribution in [2.24, 2.45) is 0 Å². The van der Waals surface area contributed by atoms with Crippen LogP contribution in [0.4, 0.5) is 10.8 Å². The van der Waals surface area contributed by atoms with Crippen LogP contribution in [-0.2, 0) is 14.8 Å². The van der Waals surface area contributed by atoms with Gasteiger partial charge in [0.1, 0.15) is 0 Å². The highest BCUT2D eigenvalue weighted by molar-refractivity contribution is 7.89. The SMILES string of the molecule is Cc1ccccc1N(C(=O)CN(C)S(=O)(=O)c1ccccc1)c1nc2ccccc2s1. The van der Waals surface area contributed by atoms with Gasteiger partial charge in [-0.15, -0.1) is 0 Å². The molecule has 4 aromatic rings. The highest BCUT2D eigenvalue weighted by atomic mass is 32.2. The van der Waals surface area contributed by atoms with Gasteiger partial charge in [0.05, 0.1) is 27.3 Å². The van der Waals surface area contributed by atoms with E-state index in [1.54, 1.807) is 18.2 Å². The van der Waals surface area contributed by atoms with E-state index < -0.39 is 10.0 Å². The summed E-state index contributed by atoms with van der Waals surface area (Å²) in [6.45, 7) is 1.59. The van der Waals surface area contributed by atoms with Crippen LogP contribution in [0.1, 0.15) is 5.56 Å². The fourth-order valence-corrected chi connectivity index (χ4v) is 5.37. The average Bonchev–Trinajstić information content (AvgIpc) is 3.19. The summed E-state index contributed by atoms with van der Waals surface area (Å²) in [4.78, 5) is 19.7. The first-order valence-corrected chi connectivity index (χ1v) is 11.9. The van der Waals surface area contributed by atoms with Gasteiger partial charge in [-0.05, 0) is 42.8 Å². The average molecular weight is 452 g/mol. The van der Waals surface area contributed by atoms with Crippen molar-refractivity contribution in [1.29, 1.82) is 0 Å². The Hall–Kier alpha value is -3.07. The number of rotatable bonds is 6. The Morgan fingerprint density at radius 2 is 1.58 bits per heavy atom. The van der Waals surface area contributed by atoms with Gasteiger partial charge in [0.2, 0.25) is 15.9 Å². The summed E-state index contributed by atoms with van der Waals surface area (Å²) in [7, 11) is -2.39. The summed E-state index contributed by atoms with van der Waals surface area (Å²) in [6, 6.07) is 23.2. The Kier molecular flexibility index (Phi) is 5.86. The summed E-state index contributed by atoms with van der Waals surface area (Å²) >= 11 is 1.39. The maximum absolute atomic E-state index is 13.4. The molecule has 0 saturated carbocycles. The van der Waals surface area contributed by atoms with Gasteiger partial charge in [0, 0.05) is 7.05 Å². The minimum absolute atomic E-state index is 0.146. The highest BCUT2D eigenvalue weighted by Crippen LogP contribution is 2.35. The van der Waals surface area contributed by atoms with Crippen molar-refractivity contribution in [2.45, 2.75) is 11.8 Å². The van der Waals surface area contributed by atoms with E-state index in [0.717, 1.165) is 20.1 Å². The van der Waals surface area contributed by atoms with Crippen LogP contribution in [0.3, 0.4) is 0 Å². The third-order valence-electron chi connectivity index (χ3n) is 4.89. The van der Waals surface area contributed by atoms with Crippen LogP contribution in [0.15, 0.2) is 83.8 Å². The van der Waals surface area contributed by atoms with Crippen molar-refractivity contribution in [2.75, 3.05) is 18.5 Å². The second-order valence-corrected chi connectivity index (χ2v) is 10.1. The molecule has 0 saturated heterocycles. The number of nitrogens with zero attached hydrogens (tertiary/aromatic N) is 3. The Labute approximate surface area is 185 Å². The van der Waals surface area contributed by atoms with Crippen molar-refractivity contribution in [1.82, 2.24) is 9.29 Å². The first-order valence-electron chi connectivity index (χ1n) is 9.63. The minimum Gasteiger partial charge on any atom is -0.272 e. The lowest BCUT2D eigenvalue weighted by Crippen LogP contribution is -2.39. The van der Waals surface area contributed by atoms with Crippen LogP contribution in [0.5, 0.6) is 0 Å². The molecule has 1 amide bonds. The number of anilines is 2. The van der Waals surface area contributed by atoms with E-state index in [2.05, 4.69) is 4.98 Å². The van der Waals surface area contributed by atoms with Crippen molar-refractivity contribution in [3.63, 3.8) is 0 Å². The quantitative estimate of drug-likeness (QED) is 0.430. The van der Waals surface area contributed by atoms with E-state index in [4.69, 9.17) is 0 Å². The second kappa shape index (κ2) is 8.58. The van der Waals surface area contributed by atoms with Crippen LogP contribution in [0.2, 0.25) is 0 Å². The maximum Gasteiger partial charge on any atom is 0.248 e. The molecule has 0 N–H and O–H groups in total. The van der Waals surface area contributed by atoms with Gasteiger partial charge < -0.3 is 0 Å². The van der Waals surface area contributed by atoms with Gasteiger partial charge in [-0.3, -0.25) is 9.69 Å². The molecular weight excluding hydrogens is 430 g/mol. The first-order chi connectivity index (χ1) is 14.9. The lowest BCUT2D eigenvalue weighted by molar-refractivity contribution is -0.117. The van der Waals surface area contributed by atoms with E-state index >= 15 is 0 Å². The molecule has 0 aliphatic carbocycles. The topological polar surface area (TPSA) is 70.6 Å². The van der Waals surface area contributed by atoms with Gasteiger partial charge in [0.25, 0.3) is 0 Å². The Morgan fingerprint density at radius 1 is 0.935 bits per heavy atom. The van der Waals surface area contributed by atoms with Crippen molar-refractivity contribution in [3.8, 4) is 0 Å². The van der Waals surface area contributed by atoms with E-state index in [1.807, 2.05) is 55.5 Å². The molecule has 1 aromatic heterocycles. The fraction of sp³-hybridized carbons (Fsp3) is 0.130. The normalized spacial score (nSPS) is 11.7. The molecule has 31 heavy (non-hydrogen) atoms. The Balaban J connectivity index is 1.72. The highest BCUT2D eigenvalue weighted by Gasteiger charge is 2.28. The summed E-state index contributed by atoms with van der Waals surface area (Å²) in [5.41, 5.74) is 2.36. The molecule has 1 heterocycles. The third-order valence-corrected chi connectivity index (χ3v) is 7.73. The predicted octanol–water partition coefficient (Wildman–Crippen LogP) is 4.59. The molecule has 0 aliphatic rings. The van der Waals surface area contributed by atoms with E-state index in [-0.39, 0.29) is 17.3 Å². The third kappa shape index (κ3) is 4.23. The number of amides is 1. The summed E-state index contributed by atoms with van der Waals surface area (Å²) in [5, 5.41) is 0.506. The van der Waals surface area contributed by atoms with E-state index in [9.17, 15) is 13.2 Å². The molecule has 0 atom stereocenters. The summed E-state index contributed by atoms with van der Waals surface area (Å²) < 4.78 is 27.9. The standard InChI is InChI=1S/C23H21N3O3S2/c1-17-10-6-8-14-20(17)26(23-24-19-13-7-9-15-21(19)30-23)22(27)16-25(2)31(28,29)18-11-4-3-5-12-18/h3-15H,16H2,1-2H3. The number of likely N-dealkylation sites (N-methyl/N-ethyl adjacent to an activating group) is 1. The van der Waals surface area contributed by atoms with Crippen LogP contribution < -0.4 is 4.90 Å². The number of carbonyl (C=O) groups is 1.